The summed E-state index contributed by atoms with van der Waals surface area (Å²) in [5, 5.41) is 4.76. The Morgan fingerprint density at radius 1 is 0.294 bits per heavy atom. The van der Waals surface area contributed by atoms with Crippen molar-refractivity contribution in [3.8, 4) is 33.4 Å². The molecule has 1 spiro atoms. The molecule has 3 heteroatoms. The molecule has 0 radical (unpaired) electrons. The molecule has 0 saturated heterocycles. The first kappa shape index (κ1) is 38.4. The van der Waals surface area contributed by atoms with Crippen LogP contribution in [-0.4, -0.2) is 0 Å². The Morgan fingerprint density at radius 3 is 1.49 bits per heavy atom. The zero-order valence-electron chi connectivity index (χ0n) is 37.1. The van der Waals surface area contributed by atoms with Crippen LogP contribution in [0.3, 0.4) is 0 Å². The number of furan rings is 1. The number of rotatable bonds is 7. The van der Waals surface area contributed by atoms with E-state index >= 15 is 0 Å². The molecule has 0 saturated carbocycles. The molecule has 0 fully saturated rings. The van der Waals surface area contributed by atoms with Crippen molar-refractivity contribution >= 4 is 66.8 Å². The Kier molecular flexibility index (Phi) is 8.50. The normalized spacial score (nSPS) is 14.2. The van der Waals surface area contributed by atoms with Crippen LogP contribution < -0.4 is 9.80 Å². The molecule has 1 atom stereocenters. The van der Waals surface area contributed by atoms with Crippen LogP contribution in [0.1, 0.15) is 22.3 Å². The zero-order valence-corrected chi connectivity index (χ0v) is 37.1. The van der Waals surface area contributed by atoms with Gasteiger partial charge in [-0.15, -0.1) is 0 Å². The first-order valence-electron chi connectivity index (χ1n) is 23.4. The van der Waals surface area contributed by atoms with E-state index in [4.69, 9.17) is 4.42 Å². The smallest absolute Gasteiger partial charge is 0.136 e. The topological polar surface area (TPSA) is 19.6 Å². The van der Waals surface area contributed by atoms with E-state index < -0.39 is 5.41 Å². The van der Waals surface area contributed by atoms with E-state index in [9.17, 15) is 0 Å². The number of benzene rings is 11. The third-order valence-electron chi connectivity index (χ3n) is 14.4. The minimum absolute atomic E-state index is 0.486. The van der Waals surface area contributed by atoms with Gasteiger partial charge in [-0.2, -0.15) is 0 Å². The molecule has 2 aliphatic carbocycles. The second-order valence-corrected chi connectivity index (χ2v) is 18.0. The quantitative estimate of drug-likeness (QED) is 0.159. The Bertz CT molecular complexity index is 3890. The maximum absolute atomic E-state index is 6.51. The second-order valence-electron chi connectivity index (χ2n) is 18.0. The van der Waals surface area contributed by atoms with Crippen molar-refractivity contribution in [1.82, 2.24) is 0 Å². The van der Waals surface area contributed by atoms with Crippen molar-refractivity contribution in [1.29, 1.82) is 0 Å². The van der Waals surface area contributed by atoms with Gasteiger partial charge in [0.15, 0.2) is 0 Å². The van der Waals surface area contributed by atoms with E-state index in [1.165, 1.54) is 55.3 Å². The van der Waals surface area contributed by atoms with Crippen LogP contribution in [0.4, 0.5) is 34.1 Å². The maximum Gasteiger partial charge on any atom is 0.136 e. The molecule has 0 aliphatic heterocycles. The van der Waals surface area contributed by atoms with Gasteiger partial charge in [0, 0.05) is 44.9 Å². The van der Waals surface area contributed by atoms with Gasteiger partial charge in [-0.1, -0.05) is 176 Å². The third kappa shape index (κ3) is 5.60. The lowest BCUT2D eigenvalue weighted by Crippen LogP contribution is -2.26. The predicted molar refractivity (Wildman–Crippen MR) is 282 cm³/mol. The molecule has 68 heavy (non-hydrogen) atoms. The van der Waals surface area contributed by atoms with Gasteiger partial charge in [0.05, 0.1) is 5.41 Å². The van der Waals surface area contributed by atoms with Crippen molar-refractivity contribution in [2.45, 2.75) is 5.41 Å². The van der Waals surface area contributed by atoms with E-state index in [2.05, 4.69) is 259 Å². The predicted octanol–water partition coefficient (Wildman–Crippen LogP) is 17.7. The highest BCUT2D eigenvalue weighted by Gasteiger charge is 2.52. The molecule has 1 heterocycles. The Hall–Kier alpha value is -8.92. The highest BCUT2D eigenvalue weighted by atomic mass is 16.3. The second kappa shape index (κ2) is 15.1. The molecule has 3 nitrogen and oxygen atoms in total. The van der Waals surface area contributed by atoms with E-state index in [0.29, 0.717) is 0 Å². The fraction of sp³-hybridized carbons (Fsp3) is 0.0154. The van der Waals surface area contributed by atoms with Crippen LogP contribution in [0.25, 0.3) is 66.1 Å². The molecule has 0 bridgehead atoms. The molecule has 1 unspecified atom stereocenters. The lowest BCUT2D eigenvalue weighted by molar-refractivity contribution is 0.669. The summed E-state index contributed by atoms with van der Waals surface area (Å²) in [5.41, 5.74) is 20.3. The highest BCUT2D eigenvalue weighted by molar-refractivity contribution is 6.13. The number of para-hydroxylation sites is 4. The van der Waals surface area contributed by atoms with E-state index in [1.54, 1.807) is 0 Å². The summed E-state index contributed by atoms with van der Waals surface area (Å²) < 4.78 is 6.51. The van der Waals surface area contributed by atoms with E-state index in [-0.39, 0.29) is 0 Å². The fourth-order valence-electron chi connectivity index (χ4n) is 11.7. The molecule has 14 rings (SSSR count). The summed E-state index contributed by atoms with van der Waals surface area (Å²) in [6.07, 6.45) is 0. The molecular formula is C65H42N2O. The van der Waals surface area contributed by atoms with Crippen molar-refractivity contribution in [3.05, 3.63) is 277 Å². The molecular weight excluding hydrogens is 825 g/mol. The molecule has 318 valence electrons. The Balaban J connectivity index is 1.04. The number of hydrogen-bond donors (Lipinski definition) is 0. The molecule has 1 aromatic heterocycles. The zero-order chi connectivity index (χ0) is 44.8. The number of anilines is 6. The van der Waals surface area contributed by atoms with Crippen LogP contribution in [0.15, 0.2) is 259 Å². The first-order valence-corrected chi connectivity index (χ1v) is 23.4. The summed E-state index contributed by atoms with van der Waals surface area (Å²) in [6, 6.07) is 93.1. The average molecular weight is 867 g/mol. The largest absolute Gasteiger partial charge is 0.456 e. The Morgan fingerprint density at radius 2 is 0.809 bits per heavy atom. The Labute approximate surface area is 395 Å². The minimum Gasteiger partial charge on any atom is -0.456 e. The van der Waals surface area contributed by atoms with Crippen molar-refractivity contribution in [2.75, 3.05) is 9.80 Å². The molecule has 0 amide bonds. The first-order chi connectivity index (χ1) is 33.7. The van der Waals surface area contributed by atoms with E-state index in [1.807, 2.05) is 6.07 Å². The third-order valence-corrected chi connectivity index (χ3v) is 14.4. The lowest BCUT2D eigenvalue weighted by Gasteiger charge is -2.32. The van der Waals surface area contributed by atoms with Crippen LogP contribution in [0.5, 0.6) is 0 Å². The highest BCUT2D eigenvalue weighted by Crippen LogP contribution is 2.64. The van der Waals surface area contributed by atoms with Crippen LogP contribution in [0.2, 0.25) is 0 Å². The summed E-state index contributed by atoms with van der Waals surface area (Å²) in [7, 11) is 0. The van der Waals surface area contributed by atoms with Crippen LogP contribution >= 0.6 is 0 Å². The number of fused-ring (bicyclic) bond motifs is 15. The SMILES string of the molecule is c1ccc(N(c2ccccc2)c2cc(-c3cccc4oc5ccccc5c34)cc(N(c3ccccc3)c3ccc4c(c3)-c3ccccc3C43c4ccccc4-c4ccc5ccccc5c43)c2)cc1. The monoisotopic (exact) mass is 866 g/mol. The van der Waals surface area contributed by atoms with Gasteiger partial charge in [-0.3, -0.25) is 0 Å². The van der Waals surface area contributed by atoms with Crippen LogP contribution in [-0.2, 0) is 5.41 Å². The fourth-order valence-corrected chi connectivity index (χ4v) is 11.7. The average Bonchev–Trinajstić information content (AvgIpc) is 4.04. The van der Waals surface area contributed by atoms with Crippen molar-refractivity contribution < 1.29 is 4.42 Å². The molecule has 2 aliphatic rings. The van der Waals surface area contributed by atoms with Gasteiger partial charge in [-0.05, 0) is 145 Å². The summed E-state index contributed by atoms with van der Waals surface area (Å²) in [5.74, 6) is 0. The molecule has 12 aromatic rings. The summed E-state index contributed by atoms with van der Waals surface area (Å²) >= 11 is 0. The van der Waals surface area contributed by atoms with Crippen LogP contribution in [0, 0.1) is 0 Å². The molecule has 0 N–H and O–H groups in total. The van der Waals surface area contributed by atoms with Gasteiger partial charge in [0.1, 0.15) is 11.2 Å². The van der Waals surface area contributed by atoms with Gasteiger partial charge < -0.3 is 14.2 Å². The van der Waals surface area contributed by atoms with E-state index in [0.717, 1.165) is 67.2 Å². The van der Waals surface area contributed by atoms with Gasteiger partial charge >= 0.3 is 0 Å². The lowest BCUT2D eigenvalue weighted by atomic mass is 9.69. The van der Waals surface area contributed by atoms with Gasteiger partial charge in [0.2, 0.25) is 0 Å². The van der Waals surface area contributed by atoms with Gasteiger partial charge in [0.25, 0.3) is 0 Å². The van der Waals surface area contributed by atoms with Crippen molar-refractivity contribution in [3.63, 3.8) is 0 Å². The van der Waals surface area contributed by atoms with Gasteiger partial charge in [-0.25, -0.2) is 0 Å². The molecule has 11 aromatic carbocycles. The number of hydrogen-bond acceptors (Lipinski definition) is 3. The maximum atomic E-state index is 6.51. The summed E-state index contributed by atoms with van der Waals surface area (Å²) in [6.45, 7) is 0. The number of nitrogens with zero attached hydrogens (tertiary/aromatic N) is 2. The minimum atomic E-state index is -0.486. The summed E-state index contributed by atoms with van der Waals surface area (Å²) in [4.78, 5) is 4.81. The van der Waals surface area contributed by atoms with Crippen molar-refractivity contribution in [2.24, 2.45) is 0 Å². The standard InChI is InChI=1S/C65H42N2O/c1-4-20-45(21-5-1)66(46-22-6-2-7-23-46)49-39-44(51-30-18-34-62-63(51)56-29-14-17-33-61(56)68-62)40-50(41-49)67(47-24-8-3-9-25-47)48-36-38-60-57(42-48)54-28-13-16-32-59(54)65(60)58-31-15-12-27-53(58)55-37-35-43-19-10-11-26-52(43)64(55)65/h1-42H.